The van der Waals surface area contributed by atoms with Crippen molar-refractivity contribution in [1.82, 2.24) is 9.29 Å². The first-order chi connectivity index (χ1) is 6.15. The van der Waals surface area contributed by atoms with E-state index < -0.39 is 0 Å². The predicted molar refractivity (Wildman–Crippen MR) is 59.0 cm³/mol. The van der Waals surface area contributed by atoms with Crippen LogP contribution in [0.25, 0.3) is 0 Å². The molecule has 2 nitrogen and oxygen atoms in total. The van der Waals surface area contributed by atoms with Crippen molar-refractivity contribution in [3.8, 4) is 0 Å². The molecule has 0 radical (unpaired) electrons. The van der Waals surface area contributed by atoms with E-state index >= 15 is 0 Å². The summed E-state index contributed by atoms with van der Waals surface area (Å²) in [4.78, 5) is 4.02. The van der Waals surface area contributed by atoms with Crippen molar-refractivity contribution in [2.24, 2.45) is 0 Å². The Morgan fingerprint density at radius 3 is 2.77 bits per heavy atom. The summed E-state index contributed by atoms with van der Waals surface area (Å²) in [5, 5.41) is 0.526. The van der Waals surface area contributed by atoms with Crippen LogP contribution in [0.3, 0.4) is 0 Å². The molecule has 0 bridgehead atoms. The molecule has 0 aliphatic carbocycles. The van der Waals surface area contributed by atoms with Crippen LogP contribution in [-0.4, -0.2) is 15.8 Å². The van der Waals surface area contributed by atoms with Gasteiger partial charge >= 0.3 is 0 Å². The summed E-state index contributed by atoms with van der Waals surface area (Å²) < 4.78 is 1.95. The molecule has 0 aromatic carbocycles. The lowest BCUT2D eigenvalue weighted by molar-refractivity contribution is 0.406. The van der Waals surface area contributed by atoms with E-state index in [0.29, 0.717) is 5.15 Å². The Hall–Kier alpha value is -0.250. The lowest BCUT2D eigenvalue weighted by atomic mass is 10.1. The first kappa shape index (κ1) is 10.8. The van der Waals surface area contributed by atoms with Gasteiger partial charge in [0.05, 0.1) is 0 Å². The van der Waals surface area contributed by atoms with Crippen LogP contribution in [0.15, 0.2) is 18.3 Å². The molecule has 0 saturated heterocycles. The van der Waals surface area contributed by atoms with Crippen LogP contribution in [0.4, 0.5) is 0 Å². The molecule has 0 amide bonds. The van der Waals surface area contributed by atoms with Gasteiger partial charge in [-0.15, -0.1) is 0 Å². The van der Waals surface area contributed by atoms with Gasteiger partial charge in [-0.1, -0.05) is 37.4 Å². The minimum atomic E-state index is 0.262. The summed E-state index contributed by atoms with van der Waals surface area (Å²) in [5.74, 6) is 0. The zero-order valence-electron chi connectivity index (χ0n) is 7.74. The molecule has 13 heavy (non-hydrogen) atoms. The Labute approximate surface area is 89.5 Å². The summed E-state index contributed by atoms with van der Waals surface area (Å²) >= 11 is 10.0. The zero-order valence-corrected chi connectivity index (χ0v) is 9.39. The van der Waals surface area contributed by atoms with Gasteiger partial charge in [-0.25, -0.2) is 9.29 Å². The standard InChI is InChI=1S/C9H13ClN2S/c1-3-12(13)7(2)8-4-5-9(10)11-6-8/h4-7,13H,3H2,1-2H3. The van der Waals surface area contributed by atoms with Crippen molar-refractivity contribution in [1.29, 1.82) is 0 Å². The molecule has 0 saturated carbocycles. The highest BCUT2D eigenvalue weighted by atomic mass is 35.5. The average Bonchev–Trinajstić information content (AvgIpc) is 2.17. The van der Waals surface area contributed by atoms with E-state index in [1.807, 2.05) is 10.4 Å². The summed E-state index contributed by atoms with van der Waals surface area (Å²) in [6.45, 7) is 5.04. The maximum atomic E-state index is 5.69. The van der Waals surface area contributed by atoms with E-state index in [-0.39, 0.29) is 6.04 Å². The van der Waals surface area contributed by atoms with Crippen molar-refractivity contribution < 1.29 is 0 Å². The van der Waals surface area contributed by atoms with Crippen LogP contribution in [0, 0.1) is 0 Å². The molecule has 4 heteroatoms. The highest BCUT2D eigenvalue weighted by molar-refractivity contribution is 7.77. The average molecular weight is 217 g/mol. The second-order valence-electron chi connectivity index (χ2n) is 2.85. The van der Waals surface area contributed by atoms with Crippen molar-refractivity contribution in [2.45, 2.75) is 19.9 Å². The van der Waals surface area contributed by atoms with Gasteiger partial charge < -0.3 is 0 Å². The molecule has 0 aliphatic rings. The number of halogens is 1. The zero-order chi connectivity index (χ0) is 9.84. The number of rotatable bonds is 3. The number of hydrogen-bond acceptors (Lipinski definition) is 3. The monoisotopic (exact) mass is 216 g/mol. The fourth-order valence-electron chi connectivity index (χ4n) is 1.08. The Bertz CT molecular complexity index is 263. The molecule has 0 aliphatic heterocycles. The first-order valence-corrected chi connectivity index (χ1v) is 5.00. The third-order valence-electron chi connectivity index (χ3n) is 2.00. The van der Waals surface area contributed by atoms with E-state index in [1.54, 1.807) is 12.3 Å². The normalized spacial score (nSPS) is 13.3. The number of pyridine rings is 1. The van der Waals surface area contributed by atoms with Crippen LogP contribution in [0.1, 0.15) is 25.5 Å². The van der Waals surface area contributed by atoms with Crippen LogP contribution < -0.4 is 0 Å². The number of aromatic nitrogens is 1. The molecule has 1 atom stereocenters. The fourth-order valence-corrected chi connectivity index (χ4v) is 1.33. The quantitative estimate of drug-likeness (QED) is 0.618. The van der Waals surface area contributed by atoms with Crippen LogP contribution in [0.2, 0.25) is 5.15 Å². The second kappa shape index (κ2) is 4.84. The summed E-state index contributed by atoms with van der Waals surface area (Å²) in [6.07, 6.45) is 1.78. The molecular weight excluding hydrogens is 204 g/mol. The van der Waals surface area contributed by atoms with Crippen LogP contribution in [-0.2, 0) is 0 Å². The van der Waals surface area contributed by atoms with Crippen molar-refractivity contribution in [2.75, 3.05) is 6.54 Å². The van der Waals surface area contributed by atoms with Crippen LogP contribution in [0.5, 0.6) is 0 Å². The molecule has 0 fully saturated rings. The van der Waals surface area contributed by atoms with E-state index in [2.05, 4.69) is 31.6 Å². The lowest BCUT2D eigenvalue weighted by Crippen LogP contribution is -2.16. The number of hydrogen-bond donors (Lipinski definition) is 1. The predicted octanol–water partition coefficient (Wildman–Crippen LogP) is 2.96. The van der Waals surface area contributed by atoms with Crippen LogP contribution >= 0.6 is 24.4 Å². The van der Waals surface area contributed by atoms with Gasteiger partial charge in [0, 0.05) is 18.8 Å². The van der Waals surface area contributed by atoms with Crippen molar-refractivity contribution in [3.05, 3.63) is 29.0 Å². The van der Waals surface area contributed by atoms with E-state index in [1.165, 1.54) is 0 Å². The highest BCUT2D eigenvalue weighted by Gasteiger charge is 2.10. The molecule has 0 N–H and O–H groups in total. The smallest absolute Gasteiger partial charge is 0.129 e. The summed E-state index contributed by atoms with van der Waals surface area (Å²) in [6, 6.07) is 4.03. The molecule has 72 valence electrons. The number of nitrogens with zero attached hydrogens (tertiary/aromatic N) is 2. The molecule has 0 spiro atoms. The fraction of sp³-hybridized carbons (Fsp3) is 0.444. The van der Waals surface area contributed by atoms with Crippen molar-refractivity contribution in [3.63, 3.8) is 0 Å². The Kier molecular flexibility index (Phi) is 4.03. The van der Waals surface area contributed by atoms with Gasteiger partial charge in [-0.3, -0.25) is 0 Å². The largest absolute Gasteiger partial charge is 0.246 e. The molecule has 1 aromatic rings. The topological polar surface area (TPSA) is 16.1 Å². The first-order valence-electron chi connectivity index (χ1n) is 4.22. The minimum Gasteiger partial charge on any atom is -0.246 e. The lowest BCUT2D eigenvalue weighted by Gasteiger charge is -2.21. The van der Waals surface area contributed by atoms with Gasteiger partial charge in [0.2, 0.25) is 0 Å². The maximum absolute atomic E-state index is 5.69. The van der Waals surface area contributed by atoms with E-state index in [4.69, 9.17) is 11.6 Å². The van der Waals surface area contributed by atoms with Gasteiger partial charge in [0.15, 0.2) is 0 Å². The molecular formula is C9H13ClN2S. The molecule has 1 rings (SSSR count). The van der Waals surface area contributed by atoms with Gasteiger partial charge in [0.25, 0.3) is 0 Å². The minimum absolute atomic E-state index is 0.262. The van der Waals surface area contributed by atoms with Gasteiger partial charge in [-0.05, 0) is 18.6 Å². The molecule has 1 aromatic heterocycles. The summed E-state index contributed by atoms with van der Waals surface area (Å²) in [5.41, 5.74) is 1.13. The van der Waals surface area contributed by atoms with E-state index in [9.17, 15) is 0 Å². The SMILES string of the molecule is CCN(S)C(C)c1ccc(Cl)nc1. The highest BCUT2D eigenvalue weighted by Crippen LogP contribution is 2.21. The molecule has 1 heterocycles. The maximum Gasteiger partial charge on any atom is 0.129 e. The van der Waals surface area contributed by atoms with Gasteiger partial charge in [-0.2, -0.15) is 0 Å². The second-order valence-corrected chi connectivity index (χ2v) is 3.75. The van der Waals surface area contributed by atoms with E-state index in [0.717, 1.165) is 12.1 Å². The third kappa shape index (κ3) is 2.86. The Morgan fingerprint density at radius 1 is 1.62 bits per heavy atom. The third-order valence-corrected chi connectivity index (χ3v) is 2.86. The Balaban J connectivity index is 2.77. The van der Waals surface area contributed by atoms with Crippen molar-refractivity contribution >= 4 is 24.4 Å². The Morgan fingerprint density at radius 2 is 2.31 bits per heavy atom. The van der Waals surface area contributed by atoms with Gasteiger partial charge in [0.1, 0.15) is 5.15 Å². The molecule has 1 unspecified atom stereocenters. The summed E-state index contributed by atoms with van der Waals surface area (Å²) in [7, 11) is 0. The number of thiol groups is 1.